The highest BCUT2D eigenvalue weighted by Crippen LogP contribution is 2.23. The van der Waals surface area contributed by atoms with Gasteiger partial charge in [-0.2, -0.15) is 0 Å². The minimum Gasteiger partial charge on any atom is -0.474 e. The summed E-state index contributed by atoms with van der Waals surface area (Å²) in [5.74, 6) is 0.0657. The molecule has 1 aromatic carbocycles. The third-order valence-corrected chi connectivity index (χ3v) is 5.23. The molecule has 0 radical (unpaired) electrons. The monoisotopic (exact) mass is 412 g/mol. The van der Waals surface area contributed by atoms with Crippen molar-refractivity contribution in [1.82, 2.24) is 14.9 Å². The number of halogens is 1. The highest BCUT2D eigenvalue weighted by molar-refractivity contribution is 6.31. The molecule has 150 valence electrons. The van der Waals surface area contributed by atoms with Crippen LogP contribution in [-0.2, 0) is 0 Å². The number of nitrogens with zero attached hydrogens (tertiary/aromatic N) is 2. The van der Waals surface area contributed by atoms with E-state index in [2.05, 4.69) is 27.2 Å². The van der Waals surface area contributed by atoms with E-state index in [1.165, 1.54) is 6.07 Å². The number of amides is 1. The van der Waals surface area contributed by atoms with Crippen LogP contribution in [0.1, 0.15) is 23.2 Å². The van der Waals surface area contributed by atoms with Gasteiger partial charge in [-0.25, -0.2) is 4.98 Å². The van der Waals surface area contributed by atoms with Gasteiger partial charge < -0.3 is 19.9 Å². The molecule has 0 aliphatic carbocycles. The number of benzene rings is 1. The minimum absolute atomic E-state index is 0.114. The fraction of sp³-hybridized carbons (Fsp3) is 0.286. The summed E-state index contributed by atoms with van der Waals surface area (Å²) in [7, 11) is 2.09. The Bertz CT molecular complexity index is 1110. The molecular formula is C21H21ClN4O3. The first kappa shape index (κ1) is 19.4. The van der Waals surface area contributed by atoms with E-state index in [4.69, 9.17) is 16.3 Å². The fourth-order valence-electron chi connectivity index (χ4n) is 3.44. The number of aromatic nitrogens is 2. The van der Waals surface area contributed by atoms with E-state index in [-0.39, 0.29) is 17.2 Å². The number of hydrogen-bond acceptors (Lipinski definition) is 5. The molecule has 0 saturated carbocycles. The second kappa shape index (κ2) is 8.23. The van der Waals surface area contributed by atoms with Gasteiger partial charge in [0.15, 0.2) is 0 Å². The zero-order valence-corrected chi connectivity index (χ0v) is 16.7. The number of aromatic amines is 1. The molecule has 0 bridgehead atoms. The lowest BCUT2D eigenvalue weighted by Crippen LogP contribution is -2.35. The van der Waals surface area contributed by atoms with Gasteiger partial charge in [-0.15, -0.1) is 0 Å². The molecule has 1 amide bonds. The van der Waals surface area contributed by atoms with Crippen molar-refractivity contribution in [3.8, 4) is 5.88 Å². The molecule has 8 heteroatoms. The Kier molecular flexibility index (Phi) is 5.51. The summed E-state index contributed by atoms with van der Waals surface area (Å²) in [5.41, 5.74) is 0.989. The average Bonchev–Trinajstić information content (AvgIpc) is 2.70. The molecular weight excluding hydrogens is 392 g/mol. The summed E-state index contributed by atoms with van der Waals surface area (Å²) >= 11 is 6.07. The van der Waals surface area contributed by atoms with Crippen molar-refractivity contribution in [2.24, 2.45) is 0 Å². The number of carbonyl (C=O) groups is 1. The van der Waals surface area contributed by atoms with Gasteiger partial charge in [-0.3, -0.25) is 9.59 Å². The van der Waals surface area contributed by atoms with Crippen molar-refractivity contribution >= 4 is 34.1 Å². The molecule has 0 unspecified atom stereocenters. The molecule has 7 nitrogen and oxygen atoms in total. The van der Waals surface area contributed by atoms with Gasteiger partial charge in [0, 0.05) is 53.0 Å². The van der Waals surface area contributed by atoms with Crippen molar-refractivity contribution in [3.05, 3.63) is 63.5 Å². The number of anilines is 1. The first-order valence-corrected chi connectivity index (χ1v) is 9.81. The molecule has 1 saturated heterocycles. The van der Waals surface area contributed by atoms with Crippen LogP contribution in [0.25, 0.3) is 10.9 Å². The smallest absolute Gasteiger partial charge is 0.256 e. The van der Waals surface area contributed by atoms with Crippen LogP contribution in [-0.4, -0.2) is 47.0 Å². The number of nitrogens with one attached hydrogen (secondary N) is 2. The topological polar surface area (TPSA) is 87.3 Å². The zero-order valence-electron chi connectivity index (χ0n) is 15.9. The number of likely N-dealkylation sites (tertiary alicyclic amines) is 1. The number of H-pyrrole nitrogens is 1. The lowest BCUT2D eigenvalue weighted by molar-refractivity contribution is 0.102. The van der Waals surface area contributed by atoms with Crippen molar-refractivity contribution in [3.63, 3.8) is 0 Å². The summed E-state index contributed by atoms with van der Waals surface area (Å²) in [4.78, 5) is 34.0. The average molecular weight is 413 g/mol. The molecule has 3 aromatic rings. The minimum atomic E-state index is -0.403. The van der Waals surface area contributed by atoms with Crippen LogP contribution in [0.3, 0.4) is 0 Å². The second-order valence-electron chi connectivity index (χ2n) is 7.19. The van der Waals surface area contributed by atoms with Gasteiger partial charge in [0.1, 0.15) is 6.10 Å². The second-order valence-corrected chi connectivity index (χ2v) is 7.63. The molecule has 1 aliphatic rings. The third kappa shape index (κ3) is 4.58. The fourth-order valence-corrected chi connectivity index (χ4v) is 3.61. The van der Waals surface area contributed by atoms with Crippen LogP contribution >= 0.6 is 11.6 Å². The van der Waals surface area contributed by atoms with Gasteiger partial charge in [0.2, 0.25) is 11.4 Å². The van der Waals surface area contributed by atoms with Crippen LogP contribution in [0.15, 0.2) is 47.4 Å². The number of fused-ring (bicyclic) bond motifs is 1. The van der Waals surface area contributed by atoms with E-state index in [0.717, 1.165) is 25.9 Å². The summed E-state index contributed by atoms with van der Waals surface area (Å²) in [5, 5.41) is 3.88. The molecule has 0 spiro atoms. The summed E-state index contributed by atoms with van der Waals surface area (Å²) in [6.07, 6.45) is 3.58. The first-order valence-electron chi connectivity index (χ1n) is 9.43. The molecule has 3 heterocycles. The number of carbonyl (C=O) groups excluding carboxylic acids is 1. The summed E-state index contributed by atoms with van der Waals surface area (Å²) < 4.78 is 5.98. The van der Waals surface area contributed by atoms with Crippen molar-refractivity contribution in [1.29, 1.82) is 0 Å². The number of rotatable bonds is 4. The Labute approximate surface area is 172 Å². The van der Waals surface area contributed by atoms with Crippen molar-refractivity contribution < 1.29 is 9.53 Å². The van der Waals surface area contributed by atoms with Gasteiger partial charge in [0.05, 0.1) is 5.56 Å². The van der Waals surface area contributed by atoms with E-state index in [0.29, 0.717) is 27.5 Å². The van der Waals surface area contributed by atoms with Gasteiger partial charge in [-0.05, 0) is 44.2 Å². The van der Waals surface area contributed by atoms with Crippen LogP contribution in [0.2, 0.25) is 5.02 Å². The Morgan fingerprint density at radius 1 is 1.24 bits per heavy atom. The number of hydrogen-bond donors (Lipinski definition) is 2. The van der Waals surface area contributed by atoms with Crippen molar-refractivity contribution in [2.75, 3.05) is 25.5 Å². The Balaban J connectivity index is 1.54. The quantitative estimate of drug-likeness (QED) is 0.686. The summed E-state index contributed by atoms with van der Waals surface area (Å²) in [6.45, 7) is 1.97. The largest absolute Gasteiger partial charge is 0.474 e. The maximum Gasteiger partial charge on any atom is 0.256 e. The van der Waals surface area contributed by atoms with Crippen LogP contribution < -0.4 is 15.6 Å². The predicted molar refractivity (Wildman–Crippen MR) is 113 cm³/mol. The number of ether oxygens (including phenoxy) is 1. The van der Waals surface area contributed by atoms with E-state index >= 15 is 0 Å². The lowest BCUT2D eigenvalue weighted by Gasteiger charge is -2.28. The molecule has 0 atom stereocenters. The SMILES string of the molecule is CN1CCC(Oc2cc(NC(=O)c3cc(=O)[nH]c4ccc(Cl)cc34)ccn2)CC1. The highest BCUT2D eigenvalue weighted by Gasteiger charge is 2.19. The van der Waals surface area contributed by atoms with E-state index < -0.39 is 5.91 Å². The molecule has 1 fully saturated rings. The van der Waals surface area contributed by atoms with E-state index in [1.807, 2.05) is 0 Å². The van der Waals surface area contributed by atoms with Gasteiger partial charge in [-0.1, -0.05) is 11.6 Å². The number of pyridine rings is 2. The lowest BCUT2D eigenvalue weighted by atomic mass is 10.1. The van der Waals surface area contributed by atoms with Crippen LogP contribution in [0, 0.1) is 0 Å². The molecule has 29 heavy (non-hydrogen) atoms. The van der Waals surface area contributed by atoms with Gasteiger partial charge >= 0.3 is 0 Å². The van der Waals surface area contributed by atoms with Gasteiger partial charge in [0.25, 0.3) is 5.91 Å². The highest BCUT2D eigenvalue weighted by atomic mass is 35.5. The Morgan fingerprint density at radius 2 is 2.03 bits per heavy atom. The maximum absolute atomic E-state index is 12.9. The first-order chi connectivity index (χ1) is 14.0. The summed E-state index contributed by atoms with van der Waals surface area (Å²) in [6, 6.07) is 9.64. The molecule has 4 rings (SSSR count). The molecule has 2 N–H and O–H groups in total. The standard InChI is InChI=1S/C21H21ClN4O3/c1-26-8-5-15(6-9-26)29-20-11-14(4-7-23-20)24-21(28)17-12-19(27)25-18-3-2-13(22)10-16(17)18/h2-4,7,10-12,15H,5-6,8-9H2,1H3,(H,25,27)(H,23,24,28). The van der Waals surface area contributed by atoms with Crippen molar-refractivity contribution in [2.45, 2.75) is 18.9 Å². The Hall–Kier alpha value is -2.90. The number of piperidine rings is 1. The molecule has 1 aliphatic heterocycles. The Morgan fingerprint density at radius 3 is 2.83 bits per heavy atom. The normalized spacial score (nSPS) is 15.4. The maximum atomic E-state index is 12.9. The predicted octanol–water partition coefficient (Wildman–Crippen LogP) is 3.30. The zero-order chi connectivity index (χ0) is 20.4. The van der Waals surface area contributed by atoms with Crippen LogP contribution in [0.5, 0.6) is 5.88 Å². The third-order valence-electron chi connectivity index (χ3n) is 5.00. The van der Waals surface area contributed by atoms with E-state index in [9.17, 15) is 9.59 Å². The molecule has 2 aromatic heterocycles. The van der Waals surface area contributed by atoms with Crippen LogP contribution in [0.4, 0.5) is 5.69 Å². The van der Waals surface area contributed by atoms with E-state index in [1.54, 1.807) is 36.5 Å².